The fourth-order valence-electron chi connectivity index (χ4n) is 2.30. The van der Waals surface area contributed by atoms with Crippen LogP contribution in [-0.4, -0.2) is 21.3 Å². The lowest BCUT2D eigenvalue weighted by molar-refractivity contribution is 0.559. The first-order valence-electron chi connectivity index (χ1n) is 5.88. The molecule has 0 atom stereocenters. The average Bonchev–Trinajstić information content (AvgIpc) is 2.85. The molecule has 2 heterocycles. The third kappa shape index (κ3) is 1.95. The lowest BCUT2D eigenvalue weighted by Crippen LogP contribution is -2.34. The predicted molar refractivity (Wildman–Crippen MR) is 70.4 cm³/mol. The number of hydrogen-bond donors (Lipinski definition) is 1. The van der Waals surface area contributed by atoms with E-state index in [2.05, 4.69) is 19.7 Å². The van der Waals surface area contributed by atoms with Crippen molar-refractivity contribution in [2.45, 2.75) is 19.6 Å². The highest BCUT2D eigenvalue weighted by molar-refractivity contribution is 6.30. The summed E-state index contributed by atoms with van der Waals surface area (Å²) in [4.78, 5) is 2.27. The first kappa shape index (κ1) is 11.5. The molecule has 0 bridgehead atoms. The van der Waals surface area contributed by atoms with Crippen LogP contribution in [0.1, 0.15) is 11.4 Å². The maximum absolute atomic E-state index is 6.00. The Morgan fingerprint density at radius 1 is 1.33 bits per heavy atom. The Labute approximate surface area is 110 Å². The Hall–Kier alpha value is -1.59. The minimum absolute atomic E-state index is 0.485. The zero-order valence-corrected chi connectivity index (χ0v) is 10.6. The predicted octanol–water partition coefficient (Wildman–Crippen LogP) is 1.41. The summed E-state index contributed by atoms with van der Waals surface area (Å²) in [5.41, 5.74) is 7.98. The van der Waals surface area contributed by atoms with Gasteiger partial charge in [-0.25, -0.2) is 0 Å². The van der Waals surface area contributed by atoms with Crippen LogP contribution in [0.5, 0.6) is 0 Å². The third-order valence-electron chi connectivity index (χ3n) is 3.24. The SMILES string of the molecule is NCc1cc(Cl)ccc1N1CCn2cnnc2C1. The zero-order valence-electron chi connectivity index (χ0n) is 9.88. The smallest absolute Gasteiger partial charge is 0.152 e. The summed E-state index contributed by atoms with van der Waals surface area (Å²) in [5.74, 6) is 0.985. The largest absolute Gasteiger partial charge is 0.362 e. The number of fused-ring (bicyclic) bond motifs is 1. The molecule has 6 heteroatoms. The molecular formula is C12H14ClN5. The molecule has 1 aromatic heterocycles. The zero-order chi connectivity index (χ0) is 12.5. The van der Waals surface area contributed by atoms with Crippen LogP contribution in [-0.2, 0) is 19.6 Å². The van der Waals surface area contributed by atoms with E-state index in [0.29, 0.717) is 6.54 Å². The van der Waals surface area contributed by atoms with E-state index in [4.69, 9.17) is 17.3 Å². The summed E-state index contributed by atoms with van der Waals surface area (Å²) in [6.07, 6.45) is 1.78. The van der Waals surface area contributed by atoms with Gasteiger partial charge < -0.3 is 15.2 Å². The van der Waals surface area contributed by atoms with Crippen molar-refractivity contribution in [1.82, 2.24) is 14.8 Å². The van der Waals surface area contributed by atoms with Crippen LogP contribution >= 0.6 is 11.6 Å². The summed E-state index contributed by atoms with van der Waals surface area (Å²) in [7, 11) is 0. The number of benzene rings is 1. The number of rotatable bonds is 2. The standard InChI is InChI=1S/C12H14ClN5/c13-10-1-2-11(9(5-10)6-14)17-3-4-18-8-15-16-12(18)7-17/h1-2,5,8H,3-4,6-7,14H2. The lowest BCUT2D eigenvalue weighted by Gasteiger charge is -2.30. The van der Waals surface area contributed by atoms with Gasteiger partial charge in [-0.2, -0.15) is 0 Å². The maximum atomic E-state index is 6.00. The van der Waals surface area contributed by atoms with Crippen molar-refractivity contribution in [3.63, 3.8) is 0 Å². The molecule has 2 N–H and O–H groups in total. The fourth-order valence-corrected chi connectivity index (χ4v) is 2.49. The van der Waals surface area contributed by atoms with Crippen LogP contribution in [0, 0.1) is 0 Å². The van der Waals surface area contributed by atoms with Crippen molar-refractivity contribution in [2.24, 2.45) is 5.73 Å². The van der Waals surface area contributed by atoms with Crippen molar-refractivity contribution in [3.05, 3.63) is 40.9 Å². The molecule has 0 spiro atoms. The lowest BCUT2D eigenvalue weighted by atomic mass is 10.1. The quantitative estimate of drug-likeness (QED) is 0.890. The molecule has 1 aromatic carbocycles. The van der Waals surface area contributed by atoms with Gasteiger partial charge in [0.25, 0.3) is 0 Å². The summed E-state index contributed by atoms with van der Waals surface area (Å²) >= 11 is 6.00. The fraction of sp³-hybridized carbons (Fsp3) is 0.333. The van der Waals surface area contributed by atoms with E-state index in [1.807, 2.05) is 18.2 Å². The average molecular weight is 264 g/mol. The first-order chi connectivity index (χ1) is 8.78. The Kier molecular flexibility index (Phi) is 2.93. The summed E-state index contributed by atoms with van der Waals surface area (Å²) < 4.78 is 2.08. The van der Waals surface area contributed by atoms with E-state index in [1.54, 1.807) is 6.33 Å². The molecule has 0 saturated carbocycles. The van der Waals surface area contributed by atoms with Gasteiger partial charge in [0.1, 0.15) is 6.33 Å². The van der Waals surface area contributed by atoms with Crippen molar-refractivity contribution in [2.75, 3.05) is 11.4 Å². The number of nitrogens with two attached hydrogens (primary N) is 1. The second kappa shape index (κ2) is 4.59. The van der Waals surface area contributed by atoms with Gasteiger partial charge in [0.05, 0.1) is 6.54 Å². The van der Waals surface area contributed by atoms with Gasteiger partial charge in [0.15, 0.2) is 5.82 Å². The molecule has 1 aliphatic heterocycles. The second-order valence-corrected chi connectivity index (χ2v) is 4.78. The van der Waals surface area contributed by atoms with Gasteiger partial charge in [0, 0.05) is 30.3 Å². The summed E-state index contributed by atoms with van der Waals surface area (Å²) in [5, 5.41) is 8.77. The molecule has 18 heavy (non-hydrogen) atoms. The van der Waals surface area contributed by atoms with Gasteiger partial charge in [-0.15, -0.1) is 10.2 Å². The van der Waals surface area contributed by atoms with Crippen LogP contribution in [0.4, 0.5) is 5.69 Å². The molecule has 5 nitrogen and oxygen atoms in total. The highest BCUT2D eigenvalue weighted by atomic mass is 35.5. The van der Waals surface area contributed by atoms with Crippen molar-refractivity contribution in [3.8, 4) is 0 Å². The Balaban J connectivity index is 1.93. The van der Waals surface area contributed by atoms with E-state index in [0.717, 1.165) is 41.7 Å². The number of nitrogens with zero attached hydrogens (tertiary/aromatic N) is 4. The number of aromatic nitrogens is 3. The van der Waals surface area contributed by atoms with Crippen LogP contribution in [0.25, 0.3) is 0 Å². The molecule has 0 radical (unpaired) electrons. The van der Waals surface area contributed by atoms with Crippen molar-refractivity contribution < 1.29 is 0 Å². The number of halogens is 1. The molecular weight excluding hydrogens is 250 g/mol. The van der Waals surface area contributed by atoms with Crippen LogP contribution < -0.4 is 10.6 Å². The van der Waals surface area contributed by atoms with Gasteiger partial charge in [-0.05, 0) is 23.8 Å². The molecule has 94 valence electrons. The molecule has 1 aliphatic rings. The Bertz CT molecular complexity index is 565. The van der Waals surface area contributed by atoms with Gasteiger partial charge in [0.2, 0.25) is 0 Å². The molecule has 0 fully saturated rings. The Morgan fingerprint density at radius 3 is 3.06 bits per heavy atom. The maximum Gasteiger partial charge on any atom is 0.152 e. The van der Waals surface area contributed by atoms with E-state index in [-0.39, 0.29) is 0 Å². The summed E-state index contributed by atoms with van der Waals surface area (Å²) in [6.45, 7) is 3.07. The normalized spacial score (nSPS) is 14.7. The van der Waals surface area contributed by atoms with Crippen LogP contribution in [0.2, 0.25) is 5.02 Å². The van der Waals surface area contributed by atoms with Crippen LogP contribution in [0.15, 0.2) is 24.5 Å². The third-order valence-corrected chi connectivity index (χ3v) is 3.48. The summed E-state index contributed by atoms with van der Waals surface area (Å²) in [6, 6.07) is 5.85. The van der Waals surface area contributed by atoms with Crippen molar-refractivity contribution in [1.29, 1.82) is 0 Å². The monoisotopic (exact) mass is 263 g/mol. The van der Waals surface area contributed by atoms with E-state index in [9.17, 15) is 0 Å². The Morgan fingerprint density at radius 2 is 2.22 bits per heavy atom. The van der Waals surface area contributed by atoms with E-state index >= 15 is 0 Å². The molecule has 3 rings (SSSR count). The highest BCUT2D eigenvalue weighted by Crippen LogP contribution is 2.26. The molecule has 0 saturated heterocycles. The topological polar surface area (TPSA) is 60.0 Å². The molecule has 0 aliphatic carbocycles. The van der Waals surface area contributed by atoms with E-state index < -0.39 is 0 Å². The van der Waals surface area contributed by atoms with Crippen molar-refractivity contribution >= 4 is 17.3 Å². The minimum atomic E-state index is 0.485. The van der Waals surface area contributed by atoms with Gasteiger partial charge in [-0.3, -0.25) is 0 Å². The number of hydrogen-bond acceptors (Lipinski definition) is 4. The molecule has 0 unspecified atom stereocenters. The van der Waals surface area contributed by atoms with Crippen LogP contribution in [0.3, 0.4) is 0 Å². The first-order valence-corrected chi connectivity index (χ1v) is 6.26. The number of anilines is 1. The minimum Gasteiger partial charge on any atom is -0.362 e. The molecule has 0 amide bonds. The highest BCUT2D eigenvalue weighted by Gasteiger charge is 2.19. The van der Waals surface area contributed by atoms with Gasteiger partial charge in [-0.1, -0.05) is 11.6 Å². The second-order valence-electron chi connectivity index (χ2n) is 4.34. The molecule has 2 aromatic rings. The van der Waals surface area contributed by atoms with Gasteiger partial charge >= 0.3 is 0 Å². The van der Waals surface area contributed by atoms with E-state index in [1.165, 1.54) is 0 Å².